The highest BCUT2D eigenvalue weighted by Crippen LogP contribution is 2.48. The van der Waals surface area contributed by atoms with E-state index in [4.69, 9.17) is 4.74 Å². The molecule has 1 heterocycles. The standard InChI is InChI=1S/C17H19NO4/c1-10-4-6-11(7-5-10)14-15-12(19)8-17(2,3)9-13(15)22-16(14)18(20)21/h4-7,14,16H,8-9H2,1-3H3. The van der Waals surface area contributed by atoms with E-state index in [1.165, 1.54) is 0 Å². The number of hydrogen-bond donors (Lipinski definition) is 0. The number of carbonyl (C=O) groups excluding carboxylic acids is 1. The molecule has 0 amide bonds. The van der Waals surface area contributed by atoms with Gasteiger partial charge in [0.15, 0.2) is 5.78 Å². The van der Waals surface area contributed by atoms with Crippen molar-refractivity contribution in [2.75, 3.05) is 0 Å². The van der Waals surface area contributed by atoms with E-state index in [0.29, 0.717) is 24.2 Å². The molecule has 5 heteroatoms. The number of rotatable bonds is 2. The molecule has 0 aromatic heterocycles. The second kappa shape index (κ2) is 4.93. The molecular formula is C17H19NO4. The van der Waals surface area contributed by atoms with Crippen LogP contribution >= 0.6 is 0 Å². The van der Waals surface area contributed by atoms with Crippen LogP contribution in [0.3, 0.4) is 0 Å². The van der Waals surface area contributed by atoms with Crippen LogP contribution in [0.15, 0.2) is 35.6 Å². The maximum Gasteiger partial charge on any atom is 0.364 e. The molecule has 2 atom stereocenters. The predicted molar refractivity (Wildman–Crippen MR) is 80.8 cm³/mol. The average molecular weight is 301 g/mol. The summed E-state index contributed by atoms with van der Waals surface area (Å²) >= 11 is 0. The zero-order valence-corrected chi connectivity index (χ0v) is 13.0. The largest absolute Gasteiger partial charge is 0.433 e. The van der Waals surface area contributed by atoms with E-state index in [1.54, 1.807) is 0 Å². The normalized spacial score (nSPS) is 26.6. The number of nitro groups is 1. The first kappa shape index (κ1) is 14.8. The van der Waals surface area contributed by atoms with Gasteiger partial charge in [-0.25, -0.2) is 0 Å². The zero-order chi connectivity index (χ0) is 16.1. The molecule has 0 radical (unpaired) electrons. The van der Waals surface area contributed by atoms with Crippen molar-refractivity contribution in [2.45, 2.75) is 45.8 Å². The topological polar surface area (TPSA) is 69.4 Å². The highest BCUT2D eigenvalue weighted by atomic mass is 16.7. The summed E-state index contributed by atoms with van der Waals surface area (Å²) in [6.07, 6.45) is -0.228. The highest BCUT2D eigenvalue weighted by molar-refractivity contribution is 5.99. The van der Waals surface area contributed by atoms with E-state index < -0.39 is 17.1 Å². The van der Waals surface area contributed by atoms with E-state index in [-0.39, 0.29) is 11.2 Å². The third-order valence-electron chi connectivity index (χ3n) is 4.38. The molecule has 0 N–H and O–H groups in total. The first-order valence-electron chi connectivity index (χ1n) is 7.41. The number of Topliss-reactive ketones (excluding diaryl/α,β-unsaturated/α-hetero) is 1. The van der Waals surface area contributed by atoms with Gasteiger partial charge in [-0.1, -0.05) is 43.7 Å². The van der Waals surface area contributed by atoms with Crippen molar-refractivity contribution in [1.29, 1.82) is 0 Å². The van der Waals surface area contributed by atoms with Crippen molar-refractivity contribution in [1.82, 2.24) is 0 Å². The van der Waals surface area contributed by atoms with Crippen LogP contribution in [0.2, 0.25) is 0 Å². The molecule has 1 aliphatic heterocycles. The van der Waals surface area contributed by atoms with Crippen LogP contribution in [-0.4, -0.2) is 16.9 Å². The molecule has 2 aliphatic rings. The lowest BCUT2D eigenvalue weighted by atomic mass is 9.73. The van der Waals surface area contributed by atoms with Gasteiger partial charge in [0.1, 0.15) is 11.7 Å². The van der Waals surface area contributed by atoms with E-state index in [9.17, 15) is 14.9 Å². The van der Waals surface area contributed by atoms with Crippen LogP contribution in [-0.2, 0) is 9.53 Å². The Morgan fingerprint density at radius 3 is 2.45 bits per heavy atom. The summed E-state index contributed by atoms with van der Waals surface area (Å²) in [7, 11) is 0. The predicted octanol–water partition coefficient (Wildman–Crippen LogP) is 3.35. The Hall–Kier alpha value is -2.17. The first-order chi connectivity index (χ1) is 10.3. The van der Waals surface area contributed by atoms with Crippen molar-refractivity contribution in [3.8, 4) is 0 Å². The molecule has 0 bridgehead atoms. The monoisotopic (exact) mass is 301 g/mol. The van der Waals surface area contributed by atoms with Gasteiger partial charge < -0.3 is 4.74 Å². The molecule has 2 unspecified atom stereocenters. The van der Waals surface area contributed by atoms with Gasteiger partial charge >= 0.3 is 6.23 Å². The number of hydrogen-bond acceptors (Lipinski definition) is 4. The Morgan fingerprint density at radius 2 is 1.86 bits per heavy atom. The van der Waals surface area contributed by atoms with Gasteiger partial charge in [0.2, 0.25) is 0 Å². The summed E-state index contributed by atoms with van der Waals surface area (Å²) in [5.74, 6) is -0.121. The third-order valence-corrected chi connectivity index (χ3v) is 4.38. The molecule has 116 valence electrons. The van der Waals surface area contributed by atoms with Crippen LogP contribution < -0.4 is 0 Å². The minimum atomic E-state index is -1.20. The van der Waals surface area contributed by atoms with Crippen LogP contribution in [0.25, 0.3) is 0 Å². The fraction of sp³-hybridized carbons (Fsp3) is 0.471. The molecule has 1 aliphatic carbocycles. The molecule has 1 aromatic rings. The molecule has 0 spiro atoms. The fourth-order valence-corrected chi connectivity index (χ4v) is 3.36. The number of benzene rings is 1. The first-order valence-corrected chi connectivity index (χ1v) is 7.41. The molecule has 0 saturated heterocycles. The number of carbonyl (C=O) groups is 1. The Labute approximate surface area is 129 Å². The number of allylic oxidation sites excluding steroid dienone is 1. The van der Waals surface area contributed by atoms with Crippen molar-refractivity contribution in [2.24, 2.45) is 5.41 Å². The molecule has 1 aromatic carbocycles. The number of ether oxygens (including phenoxy) is 1. The lowest BCUT2D eigenvalue weighted by Crippen LogP contribution is -2.28. The van der Waals surface area contributed by atoms with Crippen LogP contribution in [0.1, 0.15) is 43.7 Å². The lowest BCUT2D eigenvalue weighted by molar-refractivity contribution is -0.570. The van der Waals surface area contributed by atoms with Gasteiger partial charge in [-0.15, -0.1) is 0 Å². The summed E-state index contributed by atoms with van der Waals surface area (Å²) in [6.45, 7) is 5.93. The minimum absolute atomic E-state index is 0.0267. The zero-order valence-electron chi connectivity index (χ0n) is 13.0. The maximum absolute atomic E-state index is 12.5. The second-order valence-corrected chi connectivity index (χ2v) is 6.96. The molecule has 0 fully saturated rings. The summed E-state index contributed by atoms with van der Waals surface area (Å²) in [5.41, 5.74) is 2.14. The smallest absolute Gasteiger partial charge is 0.364 e. The summed E-state index contributed by atoms with van der Waals surface area (Å²) < 4.78 is 5.59. The Kier molecular flexibility index (Phi) is 3.31. The second-order valence-electron chi connectivity index (χ2n) is 6.96. The van der Waals surface area contributed by atoms with Gasteiger partial charge in [0, 0.05) is 12.8 Å². The molecule has 22 heavy (non-hydrogen) atoms. The van der Waals surface area contributed by atoms with Crippen LogP contribution in [0.4, 0.5) is 0 Å². The van der Waals surface area contributed by atoms with Gasteiger partial charge in [-0.2, -0.15) is 0 Å². The Bertz CT molecular complexity index is 672. The maximum atomic E-state index is 12.5. The van der Waals surface area contributed by atoms with E-state index in [0.717, 1.165) is 11.1 Å². The van der Waals surface area contributed by atoms with Gasteiger partial charge in [-0.3, -0.25) is 14.9 Å². The van der Waals surface area contributed by atoms with Crippen molar-refractivity contribution < 1.29 is 14.5 Å². The SMILES string of the molecule is Cc1ccc(C2C3=C(CC(C)(C)CC3=O)OC2[N+](=O)[O-])cc1. The molecule has 5 nitrogen and oxygen atoms in total. The summed E-state index contributed by atoms with van der Waals surface area (Å²) in [5, 5.41) is 11.4. The van der Waals surface area contributed by atoms with Gasteiger partial charge in [-0.05, 0) is 17.9 Å². The average Bonchev–Trinajstić information content (AvgIpc) is 2.77. The summed E-state index contributed by atoms with van der Waals surface area (Å²) in [4.78, 5) is 23.5. The minimum Gasteiger partial charge on any atom is -0.433 e. The van der Waals surface area contributed by atoms with Crippen molar-refractivity contribution in [3.63, 3.8) is 0 Å². The van der Waals surface area contributed by atoms with E-state index >= 15 is 0 Å². The van der Waals surface area contributed by atoms with Crippen LogP contribution in [0.5, 0.6) is 0 Å². The molecular weight excluding hydrogens is 282 g/mol. The van der Waals surface area contributed by atoms with Crippen LogP contribution in [0, 0.1) is 22.5 Å². The number of aryl methyl sites for hydroxylation is 1. The number of ketones is 1. The Balaban J connectivity index is 2.07. The van der Waals surface area contributed by atoms with Crippen molar-refractivity contribution in [3.05, 3.63) is 56.8 Å². The third kappa shape index (κ3) is 2.40. The fourth-order valence-electron chi connectivity index (χ4n) is 3.36. The van der Waals surface area contributed by atoms with E-state index in [2.05, 4.69) is 0 Å². The van der Waals surface area contributed by atoms with E-state index in [1.807, 2.05) is 45.0 Å². The Morgan fingerprint density at radius 1 is 1.23 bits per heavy atom. The number of nitrogens with zero attached hydrogens (tertiary/aromatic N) is 1. The lowest BCUT2D eigenvalue weighted by Gasteiger charge is -2.28. The summed E-state index contributed by atoms with van der Waals surface area (Å²) in [6, 6.07) is 7.51. The van der Waals surface area contributed by atoms with Crippen molar-refractivity contribution >= 4 is 5.78 Å². The van der Waals surface area contributed by atoms with Gasteiger partial charge in [0.05, 0.1) is 10.5 Å². The van der Waals surface area contributed by atoms with Gasteiger partial charge in [0.25, 0.3) is 0 Å². The molecule has 3 rings (SSSR count). The molecule has 0 saturated carbocycles. The quantitative estimate of drug-likeness (QED) is 0.620. The highest BCUT2D eigenvalue weighted by Gasteiger charge is 2.51.